The van der Waals surface area contributed by atoms with Crippen LogP contribution < -0.4 is 15.0 Å². The van der Waals surface area contributed by atoms with Gasteiger partial charge in [0, 0.05) is 50.3 Å². The largest absolute Gasteiger partial charge is 0.494 e. The lowest BCUT2D eigenvalue weighted by Gasteiger charge is -2.36. The molecule has 5 nitrogen and oxygen atoms in total. The molecule has 0 radical (unpaired) electrons. The second-order valence-corrected chi connectivity index (χ2v) is 9.56. The third-order valence-corrected chi connectivity index (χ3v) is 7.51. The molecule has 2 heterocycles. The Kier molecular flexibility index (Phi) is 5.95. The SMILES string of the molecule is O=C1Nc2cc(OCCCCN3CCN(c4cccc(Cl)c4Cl)CC3)ccc2C2CC12F. The summed E-state index contributed by atoms with van der Waals surface area (Å²) in [5.74, 6) is -0.108. The van der Waals surface area contributed by atoms with E-state index in [4.69, 9.17) is 27.9 Å². The maximum atomic E-state index is 14.2. The van der Waals surface area contributed by atoms with E-state index in [1.165, 1.54) is 0 Å². The molecule has 2 fully saturated rings. The topological polar surface area (TPSA) is 44.8 Å². The summed E-state index contributed by atoms with van der Waals surface area (Å²) >= 11 is 12.5. The smallest absolute Gasteiger partial charge is 0.262 e. The molecule has 2 aromatic rings. The lowest BCUT2D eigenvalue weighted by atomic mass is 10.0. The highest BCUT2D eigenvalue weighted by molar-refractivity contribution is 6.43. The Bertz CT molecular complexity index is 1030. The predicted octanol–water partition coefficient (Wildman–Crippen LogP) is 5.12. The molecular formula is C24H26Cl2FN3O2. The van der Waals surface area contributed by atoms with Crippen molar-refractivity contribution in [2.75, 3.05) is 49.5 Å². The number of carbonyl (C=O) groups is 1. The first-order valence-electron chi connectivity index (χ1n) is 11.1. The molecule has 8 heteroatoms. The molecule has 5 rings (SSSR count). The van der Waals surface area contributed by atoms with Crippen LogP contribution in [0, 0.1) is 0 Å². The van der Waals surface area contributed by atoms with Gasteiger partial charge in [-0.25, -0.2) is 4.39 Å². The van der Waals surface area contributed by atoms with Gasteiger partial charge in [-0.15, -0.1) is 0 Å². The first kappa shape index (κ1) is 21.8. The van der Waals surface area contributed by atoms with E-state index in [2.05, 4.69) is 15.1 Å². The van der Waals surface area contributed by atoms with Gasteiger partial charge < -0.3 is 15.0 Å². The monoisotopic (exact) mass is 477 g/mol. The number of nitrogens with zero attached hydrogens (tertiary/aromatic N) is 2. The van der Waals surface area contributed by atoms with Crippen molar-refractivity contribution >= 4 is 40.5 Å². The molecule has 1 saturated heterocycles. The van der Waals surface area contributed by atoms with Crippen LogP contribution in [0.4, 0.5) is 15.8 Å². The zero-order valence-corrected chi connectivity index (χ0v) is 19.3. The number of anilines is 2. The molecule has 32 heavy (non-hydrogen) atoms. The van der Waals surface area contributed by atoms with Gasteiger partial charge in [-0.05, 0) is 43.1 Å². The Morgan fingerprint density at radius 2 is 1.94 bits per heavy atom. The molecule has 3 aliphatic rings. The van der Waals surface area contributed by atoms with E-state index in [9.17, 15) is 9.18 Å². The van der Waals surface area contributed by atoms with Crippen molar-refractivity contribution in [2.45, 2.75) is 30.8 Å². The maximum absolute atomic E-state index is 14.2. The molecule has 2 atom stereocenters. The van der Waals surface area contributed by atoms with Gasteiger partial charge in [0.25, 0.3) is 5.91 Å². The zero-order chi connectivity index (χ0) is 22.3. The third-order valence-electron chi connectivity index (χ3n) is 6.70. The molecule has 1 N–H and O–H groups in total. The average Bonchev–Trinajstić information content (AvgIpc) is 3.50. The van der Waals surface area contributed by atoms with Crippen LogP contribution in [0.1, 0.15) is 30.7 Å². The first-order valence-corrected chi connectivity index (χ1v) is 11.9. The molecule has 2 unspecified atom stereocenters. The van der Waals surface area contributed by atoms with Gasteiger partial charge in [-0.3, -0.25) is 9.69 Å². The molecular weight excluding hydrogens is 452 g/mol. The number of piperazine rings is 1. The summed E-state index contributed by atoms with van der Waals surface area (Å²) in [6.07, 6.45) is 2.28. The molecule has 2 aliphatic heterocycles. The summed E-state index contributed by atoms with van der Waals surface area (Å²) in [7, 11) is 0. The van der Waals surface area contributed by atoms with Gasteiger partial charge in [-0.2, -0.15) is 0 Å². The second-order valence-electron chi connectivity index (χ2n) is 8.78. The normalized spacial score (nSPS) is 24.5. The summed E-state index contributed by atoms with van der Waals surface area (Å²) in [6.45, 7) is 5.48. The lowest BCUT2D eigenvalue weighted by Crippen LogP contribution is -2.46. The standard InChI is InChI=1S/C24H26Cl2FN3O2/c25-19-4-3-5-21(22(19)26)30-11-9-29(10-12-30)8-1-2-13-32-16-6-7-17-18-15-24(18,27)23(31)28-20(17)14-16/h3-7,14,18H,1-2,8-13,15H2,(H,28,31). The van der Waals surface area contributed by atoms with Crippen LogP contribution in [-0.4, -0.2) is 55.8 Å². The fourth-order valence-corrected chi connectivity index (χ4v) is 5.10. The number of rotatable bonds is 7. The minimum absolute atomic E-state index is 0.284. The van der Waals surface area contributed by atoms with E-state index in [0.29, 0.717) is 28.1 Å². The quantitative estimate of drug-likeness (QED) is 0.561. The maximum Gasteiger partial charge on any atom is 0.262 e. The van der Waals surface area contributed by atoms with Crippen LogP contribution in [-0.2, 0) is 4.79 Å². The Labute approximate surface area is 197 Å². The van der Waals surface area contributed by atoms with E-state index in [1.807, 2.05) is 36.4 Å². The number of carbonyl (C=O) groups excluding carboxylic acids is 1. The number of hydrogen-bond donors (Lipinski definition) is 1. The summed E-state index contributed by atoms with van der Waals surface area (Å²) in [5.41, 5.74) is 0.868. The molecule has 0 spiro atoms. The molecule has 170 valence electrons. The van der Waals surface area contributed by atoms with Crippen LogP contribution in [0.5, 0.6) is 5.75 Å². The molecule has 0 bridgehead atoms. The number of alkyl halides is 1. The van der Waals surface area contributed by atoms with E-state index < -0.39 is 11.6 Å². The predicted molar refractivity (Wildman–Crippen MR) is 126 cm³/mol. The van der Waals surface area contributed by atoms with Crippen LogP contribution in [0.3, 0.4) is 0 Å². The molecule has 1 saturated carbocycles. The highest BCUT2D eigenvalue weighted by Crippen LogP contribution is 2.59. The van der Waals surface area contributed by atoms with Crippen molar-refractivity contribution in [3.05, 3.63) is 52.0 Å². The Balaban J connectivity index is 1.03. The van der Waals surface area contributed by atoms with Gasteiger partial charge in [-0.1, -0.05) is 35.3 Å². The lowest BCUT2D eigenvalue weighted by molar-refractivity contribution is -0.122. The van der Waals surface area contributed by atoms with Gasteiger partial charge in [0.05, 0.1) is 22.3 Å². The molecule has 1 amide bonds. The van der Waals surface area contributed by atoms with Crippen molar-refractivity contribution in [3.63, 3.8) is 0 Å². The van der Waals surface area contributed by atoms with Crippen molar-refractivity contribution in [3.8, 4) is 5.75 Å². The van der Waals surface area contributed by atoms with Crippen LogP contribution in [0.25, 0.3) is 0 Å². The summed E-state index contributed by atoms with van der Waals surface area (Å²) < 4.78 is 20.1. The van der Waals surface area contributed by atoms with E-state index in [-0.39, 0.29) is 12.3 Å². The van der Waals surface area contributed by atoms with E-state index in [1.54, 1.807) is 0 Å². The zero-order valence-electron chi connectivity index (χ0n) is 17.8. The van der Waals surface area contributed by atoms with Gasteiger partial charge in [0.2, 0.25) is 0 Å². The van der Waals surface area contributed by atoms with E-state index >= 15 is 0 Å². The number of benzene rings is 2. The highest BCUT2D eigenvalue weighted by Gasteiger charge is 2.65. The van der Waals surface area contributed by atoms with Crippen LogP contribution in [0.15, 0.2) is 36.4 Å². The average molecular weight is 478 g/mol. The number of fused-ring (bicyclic) bond motifs is 3. The Morgan fingerprint density at radius 1 is 1.12 bits per heavy atom. The fraction of sp³-hybridized carbons (Fsp3) is 0.458. The van der Waals surface area contributed by atoms with Crippen LogP contribution in [0.2, 0.25) is 10.0 Å². The summed E-state index contributed by atoms with van der Waals surface area (Å²) in [4.78, 5) is 16.6. The fourth-order valence-electron chi connectivity index (χ4n) is 4.69. The third kappa shape index (κ3) is 4.16. The van der Waals surface area contributed by atoms with Crippen molar-refractivity contribution in [2.24, 2.45) is 0 Å². The van der Waals surface area contributed by atoms with Crippen molar-refractivity contribution in [1.82, 2.24) is 4.90 Å². The van der Waals surface area contributed by atoms with E-state index in [0.717, 1.165) is 56.8 Å². The van der Waals surface area contributed by atoms with Crippen LogP contribution >= 0.6 is 23.2 Å². The second kappa shape index (κ2) is 8.73. The molecule has 2 aromatic carbocycles. The minimum Gasteiger partial charge on any atom is -0.494 e. The van der Waals surface area contributed by atoms with Gasteiger partial charge in [0.1, 0.15) is 5.75 Å². The number of halogens is 3. The molecule has 1 aliphatic carbocycles. The summed E-state index contributed by atoms with van der Waals surface area (Å²) in [6, 6.07) is 11.3. The van der Waals surface area contributed by atoms with Crippen molar-refractivity contribution in [1.29, 1.82) is 0 Å². The summed E-state index contributed by atoms with van der Waals surface area (Å²) in [5, 5.41) is 3.90. The minimum atomic E-state index is -1.69. The number of nitrogens with one attached hydrogen (secondary N) is 1. The number of amides is 1. The van der Waals surface area contributed by atoms with Gasteiger partial charge >= 0.3 is 0 Å². The Morgan fingerprint density at radius 3 is 2.75 bits per heavy atom. The van der Waals surface area contributed by atoms with Crippen molar-refractivity contribution < 1.29 is 13.9 Å². The highest BCUT2D eigenvalue weighted by atomic mass is 35.5. The Hall–Kier alpha value is -2.02. The number of hydrogen-bond acceptors (Lipinski definition) is 4. The first-order chi connectivity index (χ1) is 15.5. The number of unbranched alkanes of at least 4 members (excludes halogenated alkanes) is 1. The molecule has 0 aromatic heterocycles. The number of ether oxygens (including phenoxy) is 1. The van der Waals surface area contributed by atoms with Gasteiger partial charge in [0.15, 0.2) is 5.67 Å².